The van der Waals surface area contributed by atoms with E-state index in [0.29, 0.717) is 11.6 Å². The van der Waals surface area contributed by atoms with E-state index in [0.717, 1.165) is 18.2 Å². The molecule has 4 nitrogen and oxygen atoms in total. The van der Waals surface area contributed by atoms with Gasteiger partial charge in [0.1, 0.15) is 5.82 Å². The Morgan fingerprint density at radius 2 is 2.06 bits per heavy atom. The minimum Gasteiger partial charge on any atom is -0.368 e. The summed E-state index contributed by atoms with van der Waals surface area (Å²) < 4.78 is 0. The second kappa shape index (κ2) is 6.99. The molecule has 0 saturated carbocycles. The van der Waals surface area contributed by atoms with Crippen LogP contribution in [0, 0.1) is 5.92 Å². The molecule has 0 fully saturated rings. The molecule has 0 aliphatic heterocycles. The molecule has 0 saturated heterocycles. The Morgan fingerprint density at radius 3 is 2.56 bits per heavy atom. The van der Waals surface area contributed by atoms with Crippen LogP contribution in [0.5, 0.6) is 0 Å². The highest BCUT2D eigenvalue weighted by molar-refractivity contribution is 5.92. The molecule has 100 valence electrons. The molecule has 0 aliphatic carbocycles. The third kappa shape index (κ3) is 5.17. The number of rotatable bonds is 7. The predicted octanol–water partition coefficient (Wildman–Crippen LogP) is 2.81. The monoisotopic (exact) mass is 249 g/mol. The second-order valence-electron chi connectivity index (χ2n) is 5.17. The fourth-order valence-corrected chi connectivity index (χ4v) is 1.78. The maximum atomic E-state index is 10.9. The summed E-state index contributed by atoms with van der Waals surface area (Å²) in [4.78, 5) is 15.1. The van der Waals surface area contributed by atoms with E-state index in [1.807, 2.05) is 0 Å². The van der Waals surface area contributed by atoms with Gasteiger partial charge in [-0.25, -0.2) is 4.98 Å². The van der Waals surface area contributed by atoms with Crippen molar-refractivity contribution in [3.8, 4) is 0 Å². The molecule has 0 spiro atoms. The lowest BCUT2D eigenvalue weighted by Gasteiger charge is -2.15. The Kier molecular flexibility index (Phi) is 5.62. The molecule has 1 rings (SSSR count). The van der Waals surface area contributed by atoms with Crippen LogP contribution < -0.4 is 11.1 Å². The highest BCUT2D eigenvalue weighted by Gasteiger charge is 2.05. The number of aromatic nitrogens is 1. The molecule has 0 radical (unpaired) electrons. The van der Waals surface area contributed by atoms with E-state index in [1.165, 1.54) is 19.0 Å². The molecule has 4 heteroatoms. The van der Waals surface area contributed by atoms with Crippen LogP contribution >= 0.6 is 0 Å². The van der Waals surface area contributed by atoms with Crippen molar-refractivity contribution in [2.75, 3.05) is 5.32 Å². The average molecular weight is 249 g/mol. The Labute approximate surface area is 109 Å². The van der Waals surface area contributed by atoms with Gasteiger partial charge in [-0.1, -0.05) is 26.7 Å². The summed E-state index contributed by atoms with van der Waals surface area (Å²) in [7, 11) is 0. The normalized spacial score (nSPS) is 12.4. The van der Waals surface area contributed by atoms with Crippen LogP contribution in [-0.2, 0) is 0 Å². The standard InChI is InChI=1S/C14H23N3O/c1-10(2)5-4-6-11(3)17-13-8-7-12(9-16-13)14(15)18/h7-11H,4-6H2,1-3H3,(H2,15,18)(H,16,17). The minimum absolute atomic E-state index is 0.385. The van der Waals surface area contributed by atoms with E-state index in [9.17, 15) is 4.79 Å². The van der Waals surface area contributed by atoms with Crippen molar-refractivity contribution in [2.45, 2.75) is 46.1 Å². The Bertz CT molecular complexity index is 373. The molecular weight excluding hydrogens is 226 g/mol. The first-order valence-electron chi connectivity index (χ1n) is 6.51. The quantitative estimate of drug-likeness (QED) is 0.780. The summed E-state index contributed by atoms with van der Waals surface area (Å²) in [5, 5.41) is 3.32. The lowest BCUT2D eigenvalue weighted by atomic mass is 10.0. The van der Waals surface area contributed by atoms with Gasteiger partial charge in [0.25, 0.3) is 0 Å². The molecule has 1 aromatic rings. The van der Waals surface area contributed by atoms with Gasteiger partial charge in [-0.3, -0.25) is 4.79 Å². The van der Waals surface area contributed by atoms with Crippen LogP contribution in [0.2, 0.25) is 0 Å². The molecule has 0 aliphatic rings. The zero-order valence-corrected chi connectivity index (χ0v) is 11.4. The van der Waals surface area contributed by atoms with Gasteiger partial charge >= 0.3 is 0 Å². The van der Waals surface area contributed by atoms with Crippen LogP contribution in [0.25, 0.3) is 0 Å². The van der Waals surface area contributed by atoms with Gasteiger partial charge in [0, 0.05) is 12.2 Å². The molecule has 1 unspecified atom stereocenters. The number of pyridine rings is 1. The van der Waals surface area contributed by atoms with E-state index in [1.54, 1.807) is 12.1 Å². The second-order valence-corrected chi connectivity index (χ2v) is 5.17. The third-order valence-corrected chi connectivity index (χ3v) is 2.86. The van der Waals surface area contributed by atoms with Gasteiger partial charge in [-0.05, 0) is 31.4 Å². The number of carbonyl (C=O) groups excluding carboxylic acids is 1. The number of hydrogen-bond acceptors (Lipinski definition) is 3. The summed E-state index contributed by atoms with van der Waals surface area (Å²) in [5.74, 6) is 1.10. The Morgan fingerprint density at radius 1 is 1.33 bits per heavy atom. The smallest absolute Gasteiger partial charge is 0.250 e. The highest BCUT2D eigenvalue weighted by Crippen LogP contribution is 2.12. The zero-order valence-electron chi connectivity index (χ0n) is 11.4. The van der Waals surface area contributed by atoms with Crippen LogP contribution in [0.15, 0.2) is 18.3 Å². The van der Waals surface area contributed by atoms with Crippen molar-refractivity contribution in [3.63, 3.8) is 0 Å². The van der Waals surface area contributed by atoms with Crippen LogP contribution in [0.1, 0.15) is 50.4 Å². The Hall–Kier alpha value is -1.58. The number of anilines is 1. The lowest BCUT2D eigenvalue weighted by molar-refractivity contribution is 0.1000. The predicted molar refractivity (Wildman–Crippen MR) is 74.5 cm³/mol. The van der Waals surface area contributed by atoms with Crippen molar-refractivity contribution in [3.05, 3.63) is 23.9 Å². The maximum absolute atomic E-state index is 10.9. The van der Waals surface area contributed by atoms with Gasteiger partial charge in [0.05, 0.1) is 5.56 Å². The molecule has 1 atom stereocenters. The van der Waals surface area contributed by atoms with E-state index in [2.05, 4.69) is 31.1 Å². The molecule has 18 heavy (non-hydrogen) atoms. The largest absolute Gasteiger partial charge is 0.368 e. The molecule has 1 amide bonds. The summed E-state index contributed by atoms with van der Waals surface area (Å²) in [6, 6.07) is 3.87. The molecule has 1 aromatic heterocycles. The number of nitrogens with two attached hydrogens (primary N) is 1. The van der Waals surface area contributed by atoms with Crippen molar-refractivity contribution in [1.29, 1.82) is 0 Å². The fourth-order valence-electron chi connectivity index (χ4n) is 1.78. The number of amides is 1. The fraction of sp³-hybridized carbons (Fsp3) is 0.571. The summed E-state index contributed by atoms with van der Waals surface area (Å²) in [6.45, 7) is 6.62. The highest BCUT2D eigenvalue weighted by atomic mass is 16.1. The number of nitrogens with zero attached hydrogens (tertiary/aromatic N) is 1. The van der Waals surface area contributed by atoms with Crippen molar-refractivity contribution in [1.82, 2.24) is 4.98 Å². The van der Waals surface area contributed by atoms with Crippen LogP contribution in [0.4, 0.5) is 5.82 Å². The topological polar surface area (TPSA) is 68.0 Å². The zero-order chi connectivity index (χ0) is 13.5. The van der Waals surface area contributed by atoms with Gasteiger partial charge in [-0.2, -0.15) is 0 Å². The first kappa shape index (κ1) is 14.5. The van der Waals surface area contributed by atoms with E-state index < -0.39 is 5.91 Å². The number of primary amides is 1. The first-order chi connectivity index (χ1) is 8.49. The molecule has 1 heterocycles. The third-order valence-electron chi connectivity index (χ3n) is 2.86. The summed E-state index contributed by atoms with van der Waals surface area (Å²) in [5.41, 5.74) is 5.60. The van der Waals surface area contributed by atoms with E-state index in [-0.39, 0.29) is 0 Å². The SMILES string of the molecule is CC(C)CCCC(C)Nc1ccc(C(N)=O)cn1. The van der Waals surface area contributed by atoms with E-state index >= 15 is 0 Å². The Balaban J connectivity index is 2.39. The van der Waals surface area contributed by atoms with Crippen LogP contribution in [0.3, 0.4) is 0 Å². The van der Waals surface area contributed by atoms with Gasteiger partial charge < -0.3 is 11.1 Å². The number of nitrogens with one attached hydrogen (secondary N) is 1. The van der Waals surface area contributed by atoms with E-state index in [4.69, 9.17) is 5.73 Å². The lowest BCUT2D eigenvalue weighted by Crippen LogP contribution is -2.17. The maximum Gasteiger partial charge on any atom is 0.250 e. The van der Waals surface area contributed by atoms with Gasteiger partial charge in [-0.15, -0.1) is 0 Å². The molecule has 0 bridgehead atoms. The van der Waals surface area contributed by atoms with Crippen molar-refractivity contribution in [2.24, 2.45) is 11.7 Å². The molecule has 3 N–H and O–H groups in total. The average Bonchev–Trinajstić information content (AvgIpc) is 2.29. The van der Waals surface area contributed by atoms with Gasteiger partial charge in [0.15, 0.2) is 0 Å². The summed E-state index contributed by atoms with van der Waals surface area (Å²) >= 11 is 0. The van der Waals surface area contributed by atoms with Crippen molar-refractivity contribution >= 4 is 11.7 Å². The minimum atomic E-state index is -0.445. The molecule has 0 aromatic carbocycles. The van der Waals surface area contributed by atoms with Crippen molar-refractivity contribution < 1.29 is 4.79 Å². The number of hydrogen-bond donors (Lipinski definition) is 2. The van der Waals surface area contributed by atoms with Crippen LogP contribution in [-0.4, -0.2) is 16.9 Å². The first-order valence-corrected chi connectivity index (χ1v) is 6.51. The molecular formula is C14H23N3O. The van der Waals surface area contributed by atoms with Gasteiger partial charge in [0.2, 0.25) is 5.91 Å². The summed E-state index contributed by atoms with van der Waals surface area (Å²) in [6.07, 6.45) is 5.09. The number of carbonyl (C=O) groups is 1.